The van der Waals surface area contributed by atoms with Crippen molar-refractivity contribution in [2.24, 2.45) is 4.99 Å². The second kappa shape index (κ2) is 7.33. The molecule has 0 radical (unpaired) electrons. The van der Waals surface area contributed by atoms with E-state index in [4.69, 9.17) is 5.26 Å². The zero-order chi connectivity index (χ0) is 19.5. The standard InChI is InChI=1S/C22H16N4O2/c23-14-16(5-3-4-15-8-10-17(11-9-15)26(27)28)21-22-19(12-13-24-21)18-6-1-2-7-20(18)25-22/h1-11,25H,12-13H2/p+1/b4-3+,16-5+. The van der Waals surface area contributed by atoms with Crippen molar-refractivity contribution in [1.82, 2.24) is 4.98 Å². The smallest absolute Gasteiger partial charge is 0.310 e. The highest BCUT2D eigenvalue weighted by molar-refractivity contribution is 6.17. The average molecular weight is 369 g/mol. The number of allylic oxidation sites excluding steroid dienone is 3. The van der Waals surface area contributed by atoms with Crippen molar-refractivity contribution in [3.05, 3.63) is 93.2 Å². The van der Waals surface area contributed by atoms with Crippen LogP contribution in [0.5, 0.6) is 0 Å². The third-order valence-electron chi connectivity index (χ3n) is 4.73. The van der Waals surface area contributed by atoms with Crippen LogP contribution in [0, 0.1) is 16.2 Å². The van der Waals surface area contributed by atoms with Crippen LogP contribution in [0.4, 0.5) is 5.69 Å². The van der Waals surface area contributed by atoms with Gasteiger partial charge in [-0.25, -0.2) is 0 Å². The Kier molecular flexibility index (Phi) is 4.56. The molecule has 0 amide bonds. The van der Waals surface area contributed by atoms with Crippen LogP contribution in [0.3, 0.4) is 0 Å². The quantitative estimate of drug-likeness (QED) is 0.320. The Morgan fingerprint density at radius 2 is 2.00 bits per heavy atom. The maximum Gasteiger partial charge on any atom is 0.310 e. The number of aromatic nitrogens is 1. The number of rotatable bonds is 4. The summed E-state index contributed by atoms with van der Waals surface area (Å²) in [6.45, 7) is 0.676. The summed E-state index contributed by atoms with van der Waals surface area (Å²) in [5.41, 5.74) is 5.45. The monoisotopic (exact) mass is 369 g/mol. The highest BCUT2D eigenvalue weighted by atomic mass is 16.6. The van der Waals surface area contributed by atoms with E-state index in [1.165, 1.54) is 23.1 Å². The molecule has 1 aliphatic rings. The van der Waals surface area contributed by atoms with E-state index in [0.717, 1.165) is 28.9 Å². The molecule has 0 fully saturated rings. The molecule has 0 saturated carbocycles. The summed E-state index contributed by atoms with van der Waals surface area (Å²) in [6.07, 6.45) is 6.29. The van der Waals surface area contributed by atoms with Gasteiger partial charge in [0.15, 0.2) is 0 Å². The topological polar surface area (TPSA) is 95.1 Å². The van der Waals surface area contributed by atoms with E-state index in [1.807, 2.05) is 24.3 Å². The third kappa shape index (κ3) is 3.21. The molecule has 1 aromatic heterocycles. The minimum atomic E-state index is -0.422. The second-order valence-electron chi connectivity index (χ2n) is 6.42. The van der Waals surface area contributed by atoms with Crippen LogP contribution in [0.25, 0.3) is 17.0 Å². The molecule has 1 aliphatic heterocycles. The highest BCUT2D eigenvalue weighted by Gasteiger charge is 2.23. The van der Waals surface area contributed by atoms with Crippen LogP contribution < -0.4 is 5.26 Å². The Morgan fingerprint density at radius 3 is 2.75 bits per heavy atom. The number of hydrogen-bond donors (Lipinski definition) is 2. The van der Waals surface area contributed by atoms with Gasteiger partial charge < -0.3 is 4.98 Å². The van der Waals surface area contributed by atoms with E-state index < -0.39 is 4.92 Å². The van der Waals surface area contributed by atoms with E-state index >= 15 is 0 Å². The fourth-order valence-electron chi connectivity index (χ4n) is 3.38. The Hall–Kier alpha value is -3.98. The number of non-ortho nitro benzene ring substituents is 1. The average Bonchev–Trinajstić information content (AvgIpc) is 3.11. The first-order chi connectivity index (χ1) is 13.7. The Bertz CT molecular complexity index is 1190. The molecule has 2 N–H and O–H groups in total. The summed E-state index contributed by atoms with van der Waals surface area (Å²) in [5.74, 6) is 0. The molecule has 0 unspecified atom stereocenters. The molecule has 0 bridgehead atoms. The number of benzene rings is 2. The van der Waals surface area contributed by atoms with E-state index in [-0.39, 0.29) is 5.69 Å². The van der Waals surface area contributed by atoms with Gasteiger partial charge in [0.2, 0.25) is 0 Å². The molecule has 6 nitrogen and oxygen atoms in total. The Labute approximate surface area is 161 Å². The van der Waals surface area contributed by atoms with E-state index in [2.05, 4.69) is 22.1 Å². The van der Waals surface area contributed by atoms with Crippen LogP contribution in [-0.2, 0) is 6.42 Å². The van der Waals surface area contributed by atoms with Crippen LogP contribution in [-0.4, -0.2) is 22.2 Å². The maximum absolute atomic E-state index is 10.7. The number of para-hydroxylation sites is 1. The normalized spacial score (nSPS) is 14.0. The van der Waals surface area contributed by atoms with Crippen molar-refractivity contribution in [1.29, 1.82) is 0 Å². The number of nitro benzene ring substituents is 1. The molecule has 4 rings (SSSR count). The van der Waals surface area contributed by atoms with Gasteiger partial charge in [-0.1, -0.05) is 35.6 Å². The lowest BCUT2D eigenvalue weighted by Crippen LogP contribution is -2.22. The van der Waals surface area contributed by atoms with Gasteiger partial charge in [-0.15, -0.1) is 0 Å². The largest absolute Gasteiger partial charge is 0.353 e. The van der Waals surface area contributed by atoms with E-state index in [9.17, 15) is 10.1 Å². The SMILES string of the molecule is [NH+]#C/C(=C\C=C\c1ccc([N+](=O)[O-])cc1)C1=NCCc2c1[nH]c1ccccc21. The Morgan fingerprint density at radius 1 is 1.21 bits per heavy atom. The third-order valence-corrected chi connectivity index (χ3v) is 4.73. The predicted octanol–water partition coefficient (Wildman–Crippen LogP) is 2.83. The molecule has 0 spiro atoms. The molecule has 0 saturated heterocycles. The van der Waals surface area contributed by atoms with Gasteiger partial charge in [0.1, 0.15) is 11.3 Å². The summed E-state index contributed by atoms with van der Waals surface area (Å²) in [7, 11) is 0. The molecular weight excluding hydrogens is 352 g/mol. The molecular formula is C22H17N4O2+. The summed E-state index contributed by atoms with van der Waals surface area (Å²) in [5, 5.41) is 19.6. The highest BCUT2D eigenvalue weighted by Crippen LogP contribution is 2.27. The number of nitrogens with zero attached hydrogens (tertiary/aromatic N) is 2. The van der Waals surface area contributed by atoms with Gasteiger partial charge >= 0.3 is 6.07 Å². The van der Waals surface area contributed by atoms with Crippen LogP contribution in [0.15, 0.2) is 71.2 Å². The fraction of sp³-hybridized carbons (Fsp3) is 0.0909. The Balaban J connectivity index is 1.63. The van der Waals surface area contributed by atoms with E-state index in [1.54, 1.807) is 24.3 Å². The number of H-pyrrole nitrogens is 1. The summed E-state index contributed by atoms with van der Waals surface area (Å²) >= 11 is 0. The van der Waals surface area contributed by atoms with Gasteiger partial charge in [-0.2, -0.15) is 0 Å². The van der Waals surface area contributed by atoms with Crippen molar-refractivity contribution >= 4 is 28.4 Å². The van der Waals surface area contributed by atoms with Gasteiger partial charge in [0, 0.05) is 29.6 Å². The number of nitro groups is 1. The zero-order valence-electron chi connectivity index (χ0n) is 15.0. The second-order valence-corrected chi connectivity index (χ2v) is 6.42. The van der Waals surface area contributed by atoms with Crippen LogP contribution >= 0.6 is 0 Å². The van der Waals surface area contributed by atoms with Gasteiger partial charge in [-0.3, -0.25) is 15.1 Å². The number of hydrogen-bond acceptors (Lipinski definition) is 3. The molecule has 0 atom stereocenters. The lowest BCUT2D eigenvalue weighted by molar-refractivity contribution is -0.384. The summed E-state index contributed by atoms with van der Waals surface area (Å²) in [4.78, 5) is 18.3. The zero-order valence-corrected chi connectivity index (χ0v) is 15.0. The van der Waals surface area contributed by atoms with Crippen molar-refractivity contribution in [3.8, 4) is 6.07 Å². The van der Waals surface area contributed by atoms with Gasteiger partial charge in [-0.05, 0) is 41.8 Å². The molecule has 6 heteroatoms. The summed E-state index contributed by atoms with van der Waals surface area (Å²) in [6, 6.07) is 16.9. The lowest BCUT2D eigenvalue weighted by atomic mass is 9.98. The minimum absolute atomic E-state index is 0.0594. The fourth-order valence-corrected chi connectivity index (χ4v) is 3.38. The summed E-state index contributed by atoms with van der Waals surface area (Å²) < 4.78 is 0. The van der Waals surface area contributed by atoms with Crippen molar-refractivity contribution in [2.45, 2.75) is 6.42 Å². The minimum Gasteiger partial charge on any atom is -0.353 e. The molecule has 3 aromatic rings. The van der Waals surface area contributed by atoms with Crippen LogP contribution in [0.2, 0.25) is 0 Å². The first kappa shape index (κ1) is 17.4. The lowest BCUT2D eigenvalue weighted by Gasteiger charge is -2.11. The first-order valence-electron chi connectivity index (χ1n) is 8.87. The number of fused-ring (bicyclic) bond motifs is 3. The first-order valence-corrected chi connectivity index (χ1v) is 8.87. The molecule has 2 aromatic carbocycles. The molecule has 2 heterocycles. The van der Waals surface area contributed by atoms with Crippen molar-refractivity contribution in [3.63, 3.8) is 0 Å². The van der Waals surface area contributed by atoms with Gasteiger partial charge in [0.05, 0.1) is 10.6 Å². The van der Waals surface area contributed by atoms with Crippen molar-refractivity contribution in [2.75, 3.05) is 6.54 Å². The number of nitrogens with one attached hydrogen (secondary N) is 2. The van der Waals surface area contributed by atoms with Gasteiger partial charge in [0.25, 0.3) is 5.69 Å². The maximum atomic E-state index is 10.7. The molecule has 136 valence electrons. The molecule has 0 aliphatic carbocycles. The van der Waals surface area contributed by atoms with Crippen molar-refractivity contribution < 1.29 is 10.2 Å². The van der Waals surface area contributed by atoms with E-state index in [0.29, 0.717) is 12.1 Å². The number of aromatic amines is 1. The van der Waals surface area contributed by atoms with Crippen LogP contribution in [0.1, 0.15) is 16.8 Å². The molecule has 28 heavy (non-hydrogen) atoms. The number of aliphatic imine (C=N–C) groups is 1. The predicted molar refractivity (Wildman–Crippen MR) is 108 cm³/mol.